The number of carbonyl (C=O) groups is 2. The van der Waals surface area contributed by atoms with Crippen molar-refractivity contribution in [2.75, 3.05) is 24.1 Å². The van der Waals surface area contributed by atoms with Crippen LogP contribution in [0.5, 0.6) is 0 Å². The van der Waals surface area contributed by atoms with Crippen LogP contribution in [0.1, 0.15) is 57.8 Å². The summed E-state index contributed by atoms with van der Waals surface area (Å²) in [7, 11) is 0. The van der Waals surface area contributed by atoms with Crippen molar-refractivity contribution in [2.24, 2.45) is 5.92 Å². The molecule has 0 unspecified atom stereocenters. The van der Waals surface area contributed by atoms with Gasteiger partial charge in [0.05, 0.1) is 11.4 Å². The van der Waals surface area contributed by atoms with Gasteiger partial charge in [-0.3, -0.25) is 4.79 Å². The fraction of sp³-hybridized carbons (Fsp3) is 0.355. The zero-order valence-electron chi connectivity index (χ0n) is 21.5. The fourth-order valence-corrected chi connectivity index (χ4v) is 5.18. The number of benzene rings is 3. The molecular weight excluding hydrogens is 476 g/mol. The van der Waals surface area contributed by atoms with Gasteiger partial charge in [0.25, 0.3) is 5.91 Å². The largest absolute Gasteiger partial charge is 0.445 e. The number of carbonyl (C=O) groups excluding carboxylic acids is 2. The summed E-state index contributed by atoms with van der Waals surface area (Å²) in [6.45, 7) is 2.45. The molecule has 7 heteroatoms. The summed E-state index contributed by atoms with van der Waals surface area (Å²) >= 11 is 0. The highest BCUT2D eigenvalue weighted by Crippen LogP contribution is 2.41. The molecule has 2 amide bonds. The molecule has 2 saturated carbocycles. The Morgan fingerprint density at radius 1 is 1.00 bits per heavy atom. The zero-order chi connectivity index (χ0) is 26.1. The molecule has 3 aromatic rings. The van der Waals surface area contributed by atoms with Crippen molar-refractivity contribution in [3.63, 3.8) is 0 Å². The highest BCUT2D eigenvalue weighted by molar-refractivity contribution is 6.05. The quantitative estimate of drug-likeness (QED) is 0.368. The van der Waals surface area contributed by atoms with Gasteiger partial charge in [-0.15, -0.1) is 0 Å². The maximum Gasteiger partial charge on any atom is 0.410 e. The third-order valence-corrected chi connectivity index (χ3v) is 7.87. The van der Waals surface area contributed by atoms with Crippen molar-refractivity contribution in [1.29, 1.82) is 0 Å². The Morgan fingerprint density at radius 2 is 1.82 bits per heavy atom. The summed E-state index contributed by atoms with van der Waals surface area (Å²) in [5.74, 6) is 1.32. The van der Waals surface area contributed by atoms with Gasteiger partial charge in [-0.05, 0) is 84.7 Å². The first-order valence-corrected chi connectivity index (χ1v) is 13.5. The van der Waals surface area contributed by atoms with Gasteiger partial charge in [0.1, 0.15) is 6.61 Å². The molecular formula is C31H34N4O3. The normalized spacial score (nSPS) is 19.9. The van der Waals surface area contributed by atoms with E-state index in [1.54, 1.807) is 23.1 Å². The summed E-state index contributed by atoms with van der Waals surface area (Å²) in [6, 6.07) is 21.9. The Balaban J connectivity index is 0.988. The number of rotatable bonds is 8. The van der Waals surface area contributed by atoms with Gasteiger partial charge in [-0.1, -0.05) is 42.5 Å². The van der Waals surface area contributed by atoms with Crippen molar-refractivity contribution in [3.05, 3.63) is 94.5 Å². The number of para-hydroxylation sites is 2. The molecule has 2 fully saturated rings. The van der Waals surface area contributed by atoms with Crippen molar-refractivity contribution >= 4 is 23.4 Å². The molecule has 6 rings (SSSR count). The van der Waals surface area contributed by atoms with Crippen LogP contribution >= 0.6 is 0 Å². The SMILES string of the molecule is Nc1ccccc1NC(=O)c1ccc2c(c1)CCN(C(=O)OCc1ccc([C@H]3C[C@@H]3NCC3CC3)cc1)C2. The lowest BCUT2D eigenvalue weighted by atomic mass is 9.97. The zero-order valence-corrected chi connectivity index (χ0v) is 21.5. The summed E-state index contributed by atoms with van der Waals surface area (Å²) in [4.78, 5) is 27.2. The topological polar surface area (TPSA) is 96.7 Å². The van der Waals surface area contributed by atoms with Crippen LogP contribution in [-0.2, 0) is 24.3 Å². The minimum absolute atomic E-state index is 0.203. The van der Waals surface area contributed by atoms with Crippen LogP contribution in [0.4, 0.5) is 16.2 Å². The molecule has 1 aliphatic heterocycles. The first-order chi connectivity index (χ1) is 18.5. The molecule has 1 heterocycles. The number of nitrogen functional groups attached to an aromatic ring is 1. The van der Waals surface area contributed by atoms with Crippen LogP contribution in [-0.4, -0.2) is 36.0 Å². The van der Waals surface area contributed by atoms with E-state index in [0.717, 1.165) is 29.2 Å². The molecule has 7 nitrogen and oxygen atoms in total. The van der Waals surface area contributed by atoms with E-state index in [9.17, 15) is 9.59 Å². The van der Waals surface area contributed by atoms with E-state index in [-0.39, 0.29) is 18.6 Å². The molecule has 0 saturated heterocycles. The fourth-order valence-electron chi connectivity index (χ4n) is 5.18. The molecule has 2 aliphatic carbocycles. The Kier molecular flexibility index (Phi) is 6.77. The van der Waals surface area contributed by atoms with Crippen molar-refractivity contribution in [2.45, 2.75) is 50.8 Å². The van der Waals surface area contributed by atoms with Gasteiger partial charge >= 0.3 is 6.09 Å². The monoisotopic (exact) mass is 510 g/mol. The van der Waals surface area contributed by atoms with Gasteiger partial charge in [-0.2, -0.15) is 0 Å². The number of nitrogens with zero attached hydrogens (tertiary/aromatic N) is 1. The predicted molar refractivity (Wildman–Crippen MR) is 148 cm³/mol. The van der Waals surface area contributed by atoms with Gasteiger partial charge in [-0.25, -0.2) is 4.79 Å². The number of nitrogens with one attached hydrogen (secondary N) is 2. The maximum absolute atomic E-state index is 12.8. The Morgan fingerprint density at radius 3 is 2.61 bits per heavy atom. The lowest BCUT2D eigenvalue weighted by molar-refractivity contribution is 0.0917. The van der Waals surface area contributed by atoms with E-state index < -0.39 is 0 Å². The third kappa shape index (κ3) is 5.68. The van der Waals surface area contributed by atoms with Gasteiger partial charge < -0.3 is 26.0 Å². The standard InChI is InChI=1S/C31H34N4O3/c32-27-3-1-2-4-28(27)34-30(36)24-11-12-25-18-35(14-13-23(25)15-24)31(37)38-19-21-7-9-22(10-8-21)26-16-29(26)33-17-20-5-6-20/h1-4,7-12,15,20,26,29,33H,5-6,13-14,16-19,32H2,(H,34,36)/t26-,29+/m1/s1. The third-order valence-electron chi connectivity index (χ3n) is 7.87. The smallest absolute Gasteiger partial charge is 0.410 e. The summed E-state index contributed by atoms with van der Waals surface area (Å²) in [5.41, 5.74) is 12.1. The number of amides is 2. The molecule has 4 N–H and O–H groups in total. The average molecular weight is 511 g/mol. The number of hydrogen-bond donors (Lipinski definition) is 3. The van der Waals surface area contributed by atoms with Crippen LogP contribution in [0.3, 0.4) is 0 Å². The number of hydrogen-bond acceptors (Lipinski definition) is 5. The molecule has 3 aliphatic rings. The maximum atomic E-state index is 12.8. The summed E-state index contributed by atoms with van der Waals surface area (Å²) in [6.07, 6.45) is 4.34. The van der Waals surface area contributed by atoms with E-state index in [4.69, 9.17) is 10.5 Å². The van der Waals surface area contributed by atoms with E-state index in [2.05, 4.69) is 34.9 Å². The second-order valence-corrected chi connectivity index (χ2v) is 10.8. The number of ether oxygens (including phenoxy) is 1. The minimum Gasteiger partial charge on any atom is -0.445 e. The van der Waals surface area contributed by atoms with Crippen LogP contribution in [0.2, 0.25) is 0 Å². The lowest BCUT2D eigenvalue weighted by Crippen LogP contribution is -2.36. The predicted octanol–water partition coefficient (Wildman–Crippen LogP) is 5.07. The van der Waals surface area contributed by atoms with Crippen molar-refractivity contribution < 1.29 is 14.3 Å². The molecule has 3 aromatic carbocycles. The second-order valence-electron chi connectivity index (χ2n) is 10.8. The van der Waals surface area contributed by atoms with Crippen LogP contribution in [0.25, 0.3) is 0 Å². The number of fused-ring (bicyclic) bond motifs is 1. The molecule has 0 spiro atoms. The van der Waals surface area contributed by atoms with Gasteiger partial charge in [0.2, 0.25) is 0 Å². The number of anilines is 2. The molecule has 0 radical (unpaired) electrons. The number of nitrogens with two attached hydrogens (primary N) is 1. The van der Waals surface area contributed by atoms with E-state index in [1.807, 2.05) is 24.3 Å². The van der Waals surface area contributed by atoms with Crippen LogP contribution in [0.15, 0.2) is 66.7 Å². The van der Waals surface area contributed by atoms with E-state index in [0.29, 0.717) is 48.4 Å². The van der Waals surface area contributed by atoms with E-state index in [1.165, 1.54) is 24.8 Å². The summed E-state index contributed by atoms with van der Waals surface area (Å²) < 4.78 is 5.63. The lowest BCUT2D eigenvalue weighted by Gasteiger charge is -2.28. The summed E-state index contributed by atoms with van der Waals surface area (Å²) in [5, 5.41) is 6.55. The first kappa shape index (κ1) is 24.5. The van der Waals surface area contributed by atoms with Crippen LogP contribution < -0.4 is 16.4 Å². The average Bonchev–Trinajstić information content (AvgIpc) is 3.87. The minimum atomic E-state index is -0.312. The van der Waals surface area contributed by atoms with Crippen molar-refractivity contribution in [1.82, 2.24) is 10.2 Å². The highest BCUT2D eigenvalue weighted by atomic mass is 16.6. The molecule has 196 valence electrons. The molecule has 0 aromatic heterocycles. The van der Waals surface area contributed by atoms with Crippen molar-refractivity contribution in [3.8, 4) is 0 Å². The second kappa shape index (κ2) is 10.5. The Labute approximate surface area is 223 Å². The Bertz CT molecular complexity index is 1340. The first-order valence-electron chi connectivity index (χ1n) is 13.5. The molecule has 2 atom stereocenters. The van der Waals surface area contributed by atoms with E-state index >= 15 is 0 Å². The highest BCUT2D eigenvalue weighted by Gasteiger charge is 2.38. The Hall–Kier alpha value is -3.84. The van der Waals surface area contributed by atoms with Crippen LogP contribution in [0, 0.1) is 5.92 Å². The van der Waals surface area contributed by atoms with Gasteiger partial charge in [0, 0.05) is 30.6 Å². The molecule has 0 bridgehead atoms. The van der Waals surface area contributed by atoms with Gasteiger partial charge in [0.15, 0.2) is 0 Å². The molecule has 38 heavy (non-hydrogen) atoms.